The Morgan fingerprint density at radius 1 is 0.426 bits per heavy atom. The summed E-state index contributed by atoms with van der Waals surface area (Å²) in [7, 11) is 0. The highest BCUT2D eigenvalue weighted by molar-refractivity contribution is 5.93. The van der Waals surface area contributed by atoms with Crippen LogP contribution in [0.1, 0.15) is 116 Å². The van der Waals surface area contributed by atoms with Crippen molar-refractivity contribution >= 4 is 76.2 Å². The molecule has 8 N–H and O–H groups in total. The first kappa shape index (κ1) is 79.6. The van der Waals surface area contributed by atoms with Crippen molar-refractivity contribution in [2.45, 2.75) is 142 Å². The van der Waals surface area contributed by atoms with Gasteiger partial charge < -0.3 is 95.8 Å². The van der Waals surface area contributed by atoms with Crippen molar-refractivity contribution in [3.63, 3.8) is 0 Å². The summed E-state index contributed by atoms with van der Waals surface area (Å²) in [4.78, 5) is 86.5. The number of alkyl carbamates (subject to hydrolysis) is 1. The van der Waals surface area contributed by atoms with E-state index < -0.39 is 5.60 Å². The number of aryl methyl sites for hydroxylation is 3. The lowest BCUT2D eigenvalue weighted by molar-refractivity contribution is 0.0498. The number of fused-ring (bicyclic) bond motifs is 3. The number of carbonyl (C=O) groups excluding carboxylic acids is 4. The fraction of sp³-hybridized carbons (Fsp3) is 0.584. The molecule has 9 atom stereocenters. The molecule has 12 fully saturated rings. The lowest BCUT2D eigenvalue weighted by Gasteiger charge is -2.30. The number of amides is 7. The Morgan fingerprint density at radius 3 is 1.03 bits per heavy atom. The second kappa shape index (κ2) is 33.1. The molecule has 6 aromatic rings. The minimum absolute atomic E-state index is 0.00490. The molecule has 3 unspecified atom stereocenters. The summed E-state index contributed by atoms with van der Waals surface area (Å²) in [5.74, 6) is 9.09. The molecule has 3 saturated carbocycles. The number of nitrogens with zero attached hydrogens (tertiary/aromatic N) is 12. The quantitative estimate of drug-likeness (QED) is 0.0525. The van der Waals surface area contributed by atoms with Gasteiger partial charge >= 0.3 is 24.2 Å². The minimum atomic E-state index is -0.537. The molecule has 7 amide bonds. The summed E-state index contributed by atoms with van der Waals surface area (Å²) in [5.41, 5.74) is 24.7. The molecule has 18 rings (SSSR count). The predicted molar refractivity (Wildman–Crippen MR) is 456 cm³/mol. The van der Waals surface area contributed by atoms with Gasteiger partial charge in [0.25, 0.3) is 0 Å². The summed E-state index contributed by atoms with van der Waals surface area (Å²) < 4.78 is 22.4. The van der Waals surface area contributed by atoms with Crippen LogP contribution in [0.2, 0.25) is 0 Å². The molecule has 0 bridgehead atoms. The molecular formula is C89H122N18O8. The second-order valence-electron chi connectivity index (χ2n) is 36.0. The van der Waals surface area contributed by atoms with Crippen LogP contribution in [-0.2, 0) is 18.9 Å². The van der Waals surface area contributed by atoms with Crippen molar-refractivity contribution in [3.05, 3.63) is 108 Å². The fourth-order valence-electron chi connectivity index (χ4n) is 18.8. The van der Waals surface area contributed by atoms with Gasteiger partial charge in [-0.25, -0.2) is 34.1 Å². The number of hydrogen-bond acceptors (Lipinski definition) is 19. The highest BCUT2D eigenvalue weighted by Crippen LogP contribution is 2.53. The van der Waals surface area contributed by atoms with Crippen LogP contribution in [0.3, 0.4) is 0 Å². The number of pyridine rings is 3. The van der Waals surface area contributed by atoms with Crippen LogP contribution >= 0.6 is 0 Å². The molecule has 12 heterocycles. The Hall–Kier alpha value is -9.21. The summed E-state index contributed by atoms with van der Waals surface area (Å²) in [5, 5.41) is 12.6. The topological polar surface area (TPSA) is 273 Å². The minimum Gasteiger partial charge on any atom is -0.444 e. The molecule has 3 aromatic carbocycles. The number of nitrogens with two attached hydrogens (primary N) is 2. The summed E-state index contributed by atoms with van der Waals surface area (Å²) in [6.45, 7) is 37.9. The van der Waals surface area contributed by atoms with Gasteiger partial charge in [0.1, 0.15) is 40.5 Å². The number of anilines is 9. The van der Waals surface area contributed by atoms with Crippen molar-refractivity contribution in [1.29, 1.82) is 0 Å². The van der Waals surface area contributed by atoms with Crippen LogP contribution in [0.4, 0.5) is 71.1 Å². The van der Waals surface area contributed by atoms with Gasteiger partial charge in [0.05, 0.1) is 45.2 Å². The van der Waals surface area contributed by atoms with Gasteiger partial charge in [-0.3, -0.25) is 0 Å². The van der Waals surface area contributed by atoms with E-state index in [1.165, 1.54) is 11.1 Å². The largest absolute Gasteiger partial charge is 0.444 e. The van der Waals surface area contributed by atoms with Gasteiger partial charge in [-0.15, -0.1) is 0 Å². The van der Waals surface area contributed by atoms with Crippen LogP contribution in [0.5, 0.6) is 0 Å². The maximum Gasteiger partial charge on any atom is 0.408 e. The van der Waals surface area contributed by atoms with E-state index in [4.69, 9.17) is 45.4 Å². The zero-order valence-corrected chi connectivity index (χ0v) is 69.2. The van der Waals surface area contributed by atoms with Crippen molar-refractivity contribution in [1.82, 2.24) is 35.0 Å². The Bertz CT molecular complexity index is 4380. The number of likely N-dealkylation sites (tertiary alicyclic amines) is 3. The van der Waals surface area contributed by atoms with Crippen LogP contribution in [-0.4, -0.2) is 234 Å². The fourth-order valence-corrected chi connectivity index (χ4v) is 18.8. The molecule has 616 valence electrons. The highest BCUT2D eigenvalue weighted by Gasteiger charge is 2.62. The standard InChI is InChI=1S/C33H46N6O4.2C28H38N6O2/c1-6-23-9-10-38(19-23)30(40)34-26-8-7-22(2)27(17-26)24-15-28(37-11-13-42-14-12-37)35-29(16-24)39-20-25-18-33(25,21-39)36-31(41)43-32(3,4)5;2*1-3-20-6-7-33(16-20)27(35)30-23-5-4-19(2)24(14-23)21-12-25(32-8-10-36-11-9-32)31-26(13-21)34-17-22-15-28(22,29)18-34/h7-8,15-17,23,25H,6,9-14,18-21H2,1-5H3,(H,34,40)(H,36,41);2*4-5,12-14,20,22H,3,6-11,15-18,29H2,1-2H3,(H,30,35)/t23-,25?,33-;20-,22?,28+;20-,22?,28-/m111/s1. The van der Waals surface area contributed by atoms with Gasteiger partial charge in [0.2, 0.25) is 0 Å². The molecule has 3 aromatic heterocycles. The molecule has 9 saturated heterocycles. The smallest absolute Gasteiger partial charge is 0.408 e. The van der Waals surface area contributed by atoms with E-state index in [2.05, 4.69) is 165 Å². The number of hydrogen-bond donors (Lipinski definition) is 6. The van der Waals surface area contributed by atoms with E-state index in [0.29, 0.717) is 55.3 Å². The molecular weight excluding hydrogens is 1450 g/mol. The van der Waals surface area contributed by atoms with E-state index in [0.717, 1.165) is 286 Å². The van der Waals surface area contributed by atoms with E-state index in [1.54, 1.807) is 0 Å². The number of carbonyl (C=O) groups is 4. The third-order valence-electron chi connectivity index (χ3n) is 26.5. The van der Waals surface area contributed by atoms with Crippen LogP contribution in [0, 0.1) is 56.3 Å². The Kier molecular flexibility index (Phi) is 22.9. The molecule has 26 nitrogen and oxygen atoms in total. The average molecular weight is 1570 g/mol. The first-order chi connectivity index (χ1) is 55.3. The normalized spacial score (nSPS) is 26.5. The lowest BCUT2D eigenvalue weighted by atomic mass is 10.00. The molecule has 0 spiro atoms. The van der Waals surface area contributed by atoms with Crippen LogP contribution < -0.4 is 62.1 Å². The predicted octanol–water partition coefficient (Wildman–Crippen LogP) is 12.7. The maximum atomic E-state index is 13.1. The van der Waals surface area contributed by atoms with Gasteiger partial charge in [-0.1, -0.05) is 58.2 Å². The number of rotatable bonds is 16. The van der Waals surface area contributed by atoms with Crippen molar-refractivity contribution in [3.8, 4) is 33.4 Å². The van der Waals surface area contributed by atoms with Gasteiger partial charge in [-0.05, 0) is 233 Å². The highest BCUT2D eigenvalue weighted by atomic mass is 16.6. The first-order valence-corrected chi connectivity index (χ1v) is 42.7. The Balaban J connectivity index is 0.000000130. The maximum absolute atomic E-state index is 13.1. The molecule has 115 heavy (non-hydrogen) atoms. The molecule has 12 aliphatic rings. The summed E-state index contributed by atoms with van der Waals surface area (Å²) in [6.07, 6.45) is 9.44. The molecule has 9 aliphatic heterocycles. The SMILES string of the molecule is CC[C@@H]1CCN(C(=O)Nc2ccc(C)c(-c3cc(N4CCOCC4)nc(N4CC5C[C@@]5(N)C4)c3)c2)C1.CC[C@@H]1CCN(C(=O)Nc2ccc(C)c(-c3cc(N4CCOCC4)nc(N4CC5C[C@@]5(NC(=O)OC(C)(C)C)C4)c3)c2)C1.CC[C@@H]1CCN(C(=O)Nc2ccc(C)c(-c3cc(N4CCOCC4)nc(N4CC5C[C@]5(N)C4)c3)c2)C1. The summed E-state index contributed by atoms with van der Waals surface area (Å²) in [6, 6.07) is 31.6. The molecule has 0 radical (unpaired) electrons. The van der Waals surface area contributed by atoms with Crippen molar-refractivity contribution in [2.75, 3.05) is 203 Å². The number of aromatic nitrogens is 3. The third kappa shape index (κ3) is 18.2. The van der Waals surface area contributed by atoms with Crippen molar-refractivity contribution < 1.29 is 38.1 Å². The number of benzene rings is 3. The van der Waals surface area contributed by atoms with Gasteiger partial charge in [0.15, 0.2) is 0 Å². The number of morpholine rings is 3. The van der Waals surface area contributed by atoms with Crippen molar-refractivity contribution in [2.24, 2.45) is 47.0 Å². The monoisotopic (exact) mass is 1570 g/mol. The molecule has 26 heteroatoms. The van der Waals surface area contributed by atoms with Crippen LogP contribution in [0.15, 0.2) is 91.0 Å². The number of ether oxygens (including phenoxy) is 4. The average Bonchev–Trinajstić information content (AvgIpc) is 1.57. The van der Waals surface area contributed by atoms with E-state index in [-0.39, 0.29) is 40.8 Å². The third-order valence-corrected chi connectivity index (χ3v) is 26.5. The Morgan fingerprint density at radius 2 is 0.739 bits per heavy atom. The number of piperidine rings is 3. The van der Waals surface area contributed by atoms with Gasteiger partial charge in [-0.2, -0.15) is 0 Å². The zero-order valence-electron chi connectivity index (χ0n) is 69.2. The second-order valence-corrected chi connectivity index (χ2v) is 36.0. The summed E-state index contributed by atoms with van der Waals surface area (Å²) >= 11 is 0. The zero-order chi connectivity index (χ0) is 80.1. The van der Waals surface area contributed by atoms with Gasteiger partial charge in [0, 0.05) is 152 Å². The lowest BCUT2D eigenvalue weighted by Crippen LogP contribution is -2.44. The van der Waals surface area contributed by atoms with E-state index in [9.17, 15) is 19.2 Å². The Labute approximate surface area is 679 Å². The van der Waals surface area contributed by atoms with Crippen LogP contribution in [0.25, 0.3) is 33.4 Å². The number of urea groups is 3. The van der Waals surface area contributed by atoms with E-state index >= 15 is 0 Å². The molecule has 3 aliphatic carbocycles. The number of nitrogens with one attached hydrogen (secondary N) is 4. The first-order valence-electron chi connectivity index (χ1n) is 42.7. The van der Waals surface area contributed by atoms with E-state index in [1.807, 2.05) is 53.7 Å².